The lowest BCUT2D eigenvalue weighted by Crippen LogP contribution is -2.36. The predicted octanol–water partition coefficient (Wildman–Crippen LogP) is 2.62. The molecule has 30 heavy (non-hydrogen) atoms. The van der Waals surface area contributed by atoms with Crippen molar-refractivity contribution in [2.75, 3.05) is 30.8 Å². The number of nitrogens with one attached hydrogen (secondary N) is 2. The zero-order chi connectivity index (χ0) is 20.7. The van der Waals surface area contributed by atoms with Crippen LogP contribution in [0.15, 0.2) is 47.5 Å². The average molecular weight is 546 g/mol. The highest BCUT2D eigenvalue weighted by Gasteiger charge is 2.12. The van der Waals surface area contributed by atoms with E-state index in [0.717, 1.165) is 23.2 Å². The third kappa shape index (κ3) is 7.65. The number of halogens is 1. The SMILES string of the molecule is Cc1ccccc1CN=C(NCCS(N)(=O)=O)Nc1ccc2c(c1)OCCCO2.I. The highest BCUT2D eigenvalue weighted by Crippen LogP contribution is 2.32. The van der Waals surface area contributed by atoms with Crippen molar-refractivity contribution in [1.82, 2.24) is 5.32 Å². The number of fused-ring (bicyclic) bond motifs is 1. The Morgan fingerprint density at radius 3 is 2.60 bits per heavy atom. The second-order valence-electron chi connectivity index (χ2n) is 6.72. The molecule has 1 heterocycles. The lowest BCUT2D eigenvalue weighted by molar-refractivity contribution is 0.297. The van der Waals surface area contributed by atoms with Gasteiger partial charge in [0.2, 0.25) is 10.0 Å². The molecule has 2 aromatic carbocycles. The van der Waals surface area contributed by atoms with Gasteiger partial charge in [0.25, 0.3) is 0 Å². The quantitative estimate of drug-likeness (QED) is 0.292. The van der Waals surface area contributed by atoms with E-state index in [-0.39, 0.29) is 36.3 Å². The molecule has 164 valence electrons. The minimum atomic E-state index is -3.56. The Morgan fingerprint density at radius 2 is 1.87 bits per heavy atom. The maximum Gasteiger partial charge on any atom is 0.210 e. The van der Waals surface area contributed by atoms with Gasteiger partial charge in [0.05, 0.1) is 25.5 Å². The number of rotatable bonds is 6. The normalized spacial score (nSPS) is 13.7. The molecule has 2 aromatic rings. The number of nitrogens with zero attached hydrogens (tertiary/aromatic N) is 1. The number of ether oxygens (including phenoxy) is 2. The van der Waals surface area contributed by atoms with Gasteiger partial charge in [-0.25, -0.2) is 18.5 Å². The molecule has 0 unspecified atom stereocenters. The molecule has 0 aliphatic carbocycles. The molecule has 0 radical (unpaired) electrons. The maximum absolute atomic E-state index is 11.2. The second-order valence-corrected chi connectivity index (χ2v) is 8.46. The van der Waals surface area contributed by atoms with Crippen molar-refractivity contribution in [3.8, 4) is 11.5 Å². The van der Waals surface area contributed by atoms with Crippen molar-refractivity contribution < 1.29 is 17.9 Å². The monoisotopic (exact) mass is 546 g/mol. The zero-order valence-electron chi connectivity index (χ0n) is 16.8. The van der Waals surface area contributed by atoms with E-state index >= 15 is 0 Å². The minimum Gasteiger partial charge on any atom is -0.490 e. The van der Waals surface area contributed by atoms with Crippen molar-refractivity contribution in [2.45, 2.75) is 19.9 Å². The van der Waals surface area contributed by atoms with Crippen LogP contribution in [0, 0.1) is 6.92 Å². The highest BCUT2D eigenvalue weighted by molar-refractivity contribution is 14.0. The number of hydrogen-bond acceptors (Lipinski definition) is 5. The zero-order valence-corrected chi connectivity index (χ0v) is 19.9. The second kappa shape index (κ2) is 11.4. The molecule has 0 saturated carbocycles. The number of benzene rings is 2. The summed E-state index contributed by atoms with van der Waals surface area (Å²) in [5.41, 5.74) is 2.97. The number of nitrogens with two attached hydrogens (primary N) is 1. The van der Waals surface area contributed by atoms with Gasteiger partial charge in [0.15, 0.2) is 17.5 Å². The topological polar surface area (TPSA) is 115 Å². The van der Waals surface area contributed by atoms with Gasteiger partial charge in [0, 0.05) is 24.7 Å². The van der Waals surface area contributed by atoms with Crippen LogP contribution in [0.1, 0.15) is 17.5 Å². The van der Waals surface area contributed by atoms with Crippen molar-refractivity contribution in [3.63, 3.8) is 0 Å². The Morgan fingerprint density at radius 1 is 1.13 bits per heavy atom. The van der Waals surface area contributed by atoms with Crippen LogP contribution in [0.4, 0.5) is 5.69 Å². The largest absolute Gasteiger partial charge is 0.490 e. The number of primary sulfonamides is 1. The Balaban J connectivity index is 0.00000320. The smallest absolute Gasteiger partial charge is 0.210 e. The average Bonchev–Trinajstić information content (AvgIpc) is 2.91. The molecule has 4 N–H and O–H groups in total. The summed E-state index contributed by atoms with van der Waals surface area (Å²) in [4.78, 5) is 4.59. The molecule has 0 saturated heterocycles. The van der Waals surface area contributed by atoms with Crippen LogP contribution >= 0.6 is 24.0 Å². The van der Waals surface area contributed by atoms with E-state index in [2.05, 4.69) is 15.6 Å². The fraction of sp³-hybridized carbons (Fsp3) is 0.350. The summed E-state index contributed by atoms with van der Waals surface area (Å²) in [6, 6.07) is 13.5. The molecule has 1 aliphatic heterocycles. The van der Waals surface area contributed by atoms with Gasteiger partial charge >= 0.3 is 0 Å². The van der Waals surface area contributed by atoms with E-state index in [9.17, 15) is 8.42 Å². The first-order valence-electron chi connectivity index (χ1n) is 9.41. The first-order valence-corrected chi connectivity index (χ1v) is 11.1. The number of sulfonamides is 1. The van der Waals surface area contributed by atoms with Gasteiger partial charge < -0.3 is 20.1 Å². The first kappa shape index (κ1) is 24.2. The van der Waals surface area contributed by atoms with Gasteiger partial charge in [-0.15, -0.1) is 24.0 Å². The third-order valence-corrected chi connectivity index (χ3v) is 5.13. The number of aryl methyl sites for hydroxylation is 1. The van der Waals surface area contributed by atoms with Crippen molar-refractivity contribution in [3.05, 3.63) is 53.6 Å². The van der Waals surface area contributed by atoms with E-state index in [1.807, 2.05) is 49.4 Å². The van der Waals surface area contributed by atoms with E-state index < -0.39 is 10.0 Å². The number of hydrogen-bond donors (Lipinski definition) is 3. The van der Waals surface area contributed by atoms with E-state index in [0.29, 0.717) is 37.2 Å². The molecule has 0 aromatic heterocycles. The van der Waals surface area contributed by atoms with Crippen LogP contribution in [0.2, 0.25) is 0 Å². The molecule has 8 nitrogen and oxygen atoms in total. The lowest BCUT2D eigenvalue weighted by atomic mass is 10.1. The fourth-order valence-electron chi connectivity index (χ4n) is 2.78. The molecular formula is C20H27IN4O4S. The third-order valence-electron chi connectivity index (χ3n) is 4.36. The number of guanidine groups is 1. The predicted molar refractivity (Wildman–Crippen MR) is 129 cm³/mol. The van der Waals surface area contributed by atoms with Crippen LogP contribution in [0.3, 0.4) is 0 Å². The van der Waals surface area contributed by atoms with Gasteiger partial charge in [-0.1, -0.05) is 24.3 Å². The maximum atomic E-state index is 11.2. The molecule has 0 atom stereocenters. The fourth-order valence-corrected chi connectivity index (χ4v) is 3.17. The van der Waals surface area contributed by atoms with Crippen LogP contribution < -0.4 is 25.2 Å². The van der Waals surface area contributed by atoms with Gasteiger partial charge in [-0.05, 0) is 30.2 Å². The summed E-state index contributed by atoms with van der Waals surface area (Å²) in [6.07, 6.45) is 0.829. The van der Waals surface area contributed by atoms with Crippen molar-refractivity contribution in [1.29, 1.82) is 0 Å². The summed E-state index contributed by atoms with van der Waals surface area (Å²) < 4.78 is 33.8. The lowest BCUT2D eigenvalue weighted by Gasteiger charge is -2.14. The molecule has 3 rings (SSSR count). The van der Waals surface area contributed by atoms with Crippen molar-refractivity contribution in [2.24, 2.45) is 10.1 Å². The minimum absolute atomic E-state index is 0. The molecule has 0 amide bonds. The summed E-state index contributed by atoms with van der Waals surface area (Å²) in [5, 5.41) is 11.3. The van der Waals surface area contributed by atoms with E-state index in [1.54, 1.807) is 0 Å². The Hall–Kier alpha value is -2.05. The summed E-state index contributed by atoms with van der Waals surface area (Å²) in [5.74, 6) is 1.62. The van der Waals surface area contributed by atoms with Crippen molar-refractivity contribution >= 4 is 45.6 Å². The number of anilines is 1. The molecule has 1 aliphatic rings. The molecular weight excluding hydrogens is 519 g/mol. The first-order chi connectivity index (χ1) is 13.9. The van der Waals surface area contributed by atoms with Crippen LogP contribution in [0.5, 0.6) is 11.5 Å². The molecule has 0 fully saturated rings. The van der Waals surface area contributed by atoms with Gasteiger partial charge in [0.1, 0.15) is 0 Å². The molecule has 0 bridgehead atoms. The highest BCUT2D eigenvalue weighted by atomic mass is 127. The van der Waals surface area contributed by atoms with E-state index in [4.69, 9.17) is 14.6 Å². The summed E-state index contributed by atoms with van der Waals surface area (Å²) >= 11 is 0. The Labute approximate surface area is 194 Å². The van der Waals surface area contributed by atoms with Crippen LogP contribution in [0.25, 0.3) is 0 Å². The Kier molecular flexibility index (Phi) is 9.18. The Bertz CT molecular complexity index is 983. The van der Waals surface area contributed by atoms with Gasteiger partial charge in [-0.3, -0.25) is 0 Å². The molecule has 10 heteroatoms. The molecule has 0 spiro atoms. The standard InChI is InChI=1S/C20H26N4O4S.HI/c1-15-5-2-3-6-16(15)14-23-20(22-9-12-29(21,25)26)24-17-7-8-18-19(13-17)28-11-4-10-27-18;/h2-3,5-8,13H,4,9-12,14H2,1H3,(H2,21,25,26)(H2,22,23,24);1H. The van der Waals surface area contributed by atoms with Gasteiger partial charge in [-0.2, -0.15) is 0 Å². The summed E-state index contributed by atoms with van der Waals surface area (Å²) in [6.45, 7) is 3.83. The summed E-state index contributed by atoms with van der Waals surface area (Å²) in [7, 11) is -3.56. The van der Waals surface area contributed by atoms with E-state index in [1.165, 1.54) is 0 Å². The van der Waals surface area contributed by atoms with Crippen LogP contribution in [-0.2, 0) is 16.6 Å². The van der Waals surface area contributed by atoms with Crippen LogP contribution in [-0.4, -0.2) is 39.9 Å². The number of aliphatic imine (C=N–C) groups is 1.